The average Bonchev–Trinajstić information content (AvgIpc) is 3.03. The normalized spacial score (nSPS) is 13.5. The Morgan fingerprint density at radius 1 is 1.17 bits per heavy atom. The van der Waals surface area contributed by atoms with Gasteiger partial charge in [0.15, 0.2) is 0 Å². The van der Waals surface area contributed by atoms with E-state index in [4.69, 9.17) is 8.83 Å². The highest BCUT2D eigenvalue weighted by molar-refractivity contribution is 5.96. The maximum atomic E-state index is 12.5. The number of fused-ring (bicyclic) bond motifs is 2. The zero-order chi connectivity index (χ0) is 21.3. The third-order valence-corrected chi connectivity index (χ3v) is 5.57. The Kier molecular flexibility index (Phi) is 5.77. The van der Waals surface area contributed by atoms with E-state index in [9.17, 15) is 19.5 Å². The summed E-state index contributed by atoms with van der Waals surface area (Å²) in [6.45, 7) is 7.41. The van der Waals surface area contributed by atoms with E-state index in [0.717, 1.165) is 21.9 Å². The summed E-state index contributed by atoms with van der Waals surface area (Å²) in [6, 6.07) is 2.68. The van der Waals surface area contributed by atoms with Crippen LogP contribution in [0.5, 0.6) is 0 Å². The predicted octanol–water partition coefficient (Wildman–Crippen LogP) is 3.70. The van der Waals surface area contributed by atoms with Crippen LogP contribution in [0.15, 0.2) is 32.0 Å². The predicted molar refractivity (Wildman–Crippen MR) is 109 cm³/mol. The SMILES string of the molecule is CC[C@@H](C)[C@H](NC(=O)CCc1c(C)c2cc3c(C)coc3cc2oc1=O)C(=O)O. The summed E-state index contributed by atoms with van der Waals surface area (Å²) in [5.41, 5.74) is 2.74. The highest BCUT2D eigenvalue weighted by Gasteiger charge is 2.25. The summed E-state index contributed by atoms with van der Waals surface area (Å²) in [7, 11) is 0. The molecule has 7 heteroatoms. The van der Waals surface area contributed by atoms with Gasteiger partial charge in [0, 0.05) is 28.8 Å². The van der Waals surface area contributed by atoms with Crippen LogP contribution in [0.2, 0.25) is 0 Å². The van der Waals surface area contributed by atoms with Gasteiger partial charge < -0.3 is 19.3 Å². The van der Waals surface area contributed by atoms with Gasteiger partial charge in [0.25, 0.3) is 0 Å². The molecule has 2 aromatic heterocycles. The molecule has 29 heavy (non-hydrogen) atoms. The lowest BCUT2D eigenvalue weighted by Crippen LogP contribution is -2.45. The second-order valence-corrected chi connectivity index (χ2v) is 7.53. The minimum Gasteiger partial charge on any atom is -0.480 e. The van der Waals surface area contributed by atoms with Crippen LogP contribution in [0.4, 0.5) is 0 Å². The van der Waals surface area contributed by atoms with Gasteiger partial charge in [-0.2, -0.15) is 0 Å². The molecule has 0 saturated carbocycles. The van der Waals surface area contributed by atoms with Gasteiger partial charge in [-0.1, -0.05) is 20.3 Å². The van der Waals surface area contributed by atoms with Crippen molar-refractivity contribution in [1.29, 1.82) is 0 Å². The van der Waals surface area contributed by atoms with Gasteiger partial charge >= 0.3 is 11.6 Å². The van der Waals surface area contributed by atoms with Crippen LogP contribution in [0.1, 0.15) is 43.4 Å². The van der Waals surface area contributed by atoms with E-state index in [1.807, 2.05) is 26.8 Å². The maximum absolute atomic E-state index is 12.5. The lowest BCUT2D eigenvalue weighted by molar-refractivity contribution is -0.143. The number of carboxylic acid groups (broad SMARTS) is 1. The van der Waals surface area contributed by atoms with Crippen molar-refractivity contribution in [2.45, 2.75) is 53.0 Å². The number of furan rings is 1. The molecule has 7 nitrogen and oxygen atoms in total. The van der Waals surface area contributed by atoms with Crippen LogP contribution in [-0.4, -0.2) is 23.0 Å². The molecule has 0 aliphatic rings. The Morgan fingerprint density at radius 3 is 2.55 bits per heavy atom. The second kappa shape index (κ2) is 8.11. The Labute approximate surface area is 167 Å². The number of nitrogens with one attached hydrogen (secondary N) is 1. The van der Waals surface area contributed by atoms with Crippen molar-refractivity contribution in [1.82, 2.24) is 5.32 Å². The smallest absolute Gasteiger partial charge is 0.339 e. The number of hydrogen-bond donors (Lipinski definition) is 2. The van der Waals surface area contributed by atoms with E-state index in [-0.39, 0.29) is 18.8 Å². The van der Waals surface area contributed by atoms with Crippen LogP contribution >= 0.6 is 0 Å². The molecule has 3 rings (SSSR count). The van der Waals surface area contributed by atoms with E-state index in [1.54, 1.807) is 19.3 Å². The molecule has 0 aliphatic heterocycles. The number of amides is 1. The van der Waals surface area contributed by atoms with Crippen molar-refractivity contribution in [3.8, 4) is 0 Å². The molecule has 0 saturated heterocycles. The lowest BCUT2D eigenvalue weighted by Gasteiger charge is -2.20. The molecule has 2 atom stereocenters. The molecule has 2 N–H and O–H groups in total. The first-order chi connectivity index (χ1) is 13.7. The van der Waals surface area contributed by atoms with Gasteiger partial charge in [0.1, 0.15) is 17.2 Å². The Bertz CT molecular complexity index is 1140. The summed E-state index contributed by atoms with van der Waals surface area (Å²) in [4.78, 5) is 36.2. The van der Waals surface area contributed by atoms with Crippen molar-refractivity contribution in [2.24, 2.45) is 5.92 Å². The summed E-state index contributed by atoms with van der Waals surface area (Å²) >= 11 is 0. The number of hydrogen-bond acceptors (Lipinski definition) is 5. The van der Waals surface area contributed by atoms with Gasteiger partial charge in [0.2, 0.25) is 5.91 Å². The van der Waals surface area contributed by atoms with Crippen molar-refractivity contribution >= 4 is 33.8 Å². The summed E-state index contributed by atoms with van der Waals surface area (Å²) in [5, 5.41) is 13.6. The summed E-state index contributed by atoms with van der Waals surface area (Å²) < 4.78 is 10.9. The van der Waals surface area contributed by atoms with Crippen molar-refractivity contribution in [2.75, 3.05) is 0 Å². The molecule has 154 valence electrons. The third kappa shape index (κ3) is 4.04. The molecule has 0 aliphatic carbocycles. The van der Waals surface area contributed by atoms with E-state index in [2.05, 4.69) is 5.32 Å². The second-order valence-electron chi connectivity index (χ2n) is 7.53. The van der Waals surface area contributed by atoms with E-state index < -0.39 is 23.5 Å². The molecule has 1 aromatic carbocycles. The zero-order valence-electron chi connectivity index (χ0n) is 17.0. The highest BCUT2D eigenvalue weighted by Crippen LogP contribution is 2.29. The Hall–Kier alpha value is -3.09. The average molecular weight is 399 g/mol. The highest BCUT2D eigenvalue weighted by atomic mass is 16.4. The lowest BCUT2D eigenvalue weighted by atomic mass is 9.98. The molecule has 0 radical (unpaired) electrons. The first kappa shape index (κ1) is 20.6. The third-order valence-electron chi connectivity index (χ3n) is 5.57. The fourth-order valence-corrected chi connectivity index (χ4v) is 3.49. The fraction of sp³-hybridized carbons (Fsp3) is 0.409. The number of carboxylic acids is 1. The molecule has 1 amide bonds. The molecule has 2 heterocycles. The van der Waals surface area contributed by atoms with Crippen LogP contribution in [-0.2, 0) is 16.0 Å². The first-order valence-electron chi connectivity index (χ1n) is 9.69. The number of benzene rings is 1. The fourth-order valence-electron chi connectivity index (χ4n) is 3.49. The van der Waals surface area contributed by atoms with Crippen LogP contribution < -0.4 is 10.9 Å². The Morgan fingerprint density at radius 2 is 1.90 bits per heavy atom. The first-order valence-corrected chi connectivity index (χ1v) is 9.69. The van der Waals surface area contributed by atoms with E-state index >= 15 is 0 Å². The van der Waals surface area contributed by atoms with Crippen LogP contribution in [0.3, 0.4) is 0 Å². The van der Waals surface area contributed by atoms with Gasteiger partial charge in [0.05, 0.1) is 6.26 Å². The largest absolute Gasteiger partial charge is 0.480 e. The maximum Gasteiger partial charge on any atom is 0.339 e. The van der Waals surface area contributed by atoms with Gasteiger partial charge in [-0.3, -0.25) is 4.79 Å². The van der Waals surface area contributed by atoms with Gasteiger partial charge in [-0.25, -0.2) is 9.59 Å². The molecule has 3 aromatic rings. The minimum atomic E-state index is -1.06. The number of rotatable bonds is 7. The van der Waals surface area contributed by atoms with Gasteiger partial charge in [-0.05, 0) is 43.4 Å². The number of aryl methyl sites for hydroxylation is 2. The van der Waals surface area contributed by atoms with E-state index in [1.165, 1.54) is 0 Å². The molecular weight excluding hydrogens is 374 g/mol. The number of carbonyl (C=O) groups is 2. The number of carbonyl (C=O) groups excluding carboxylic acids is 1. The monoisotopic (exact) mass is 399 g/mol. The number of aliphatic carboxylic acids is 1. The topological polar surface area (TPSA) is 110 Å². The Balaban J connectivity index is 1.85. The molecular formula is C22H25NO6. The molecule has 0 fully saturated rings. The van der Waals surface area contributed by atoms with Gasteiger partial charge in [-0.15, -0.1) is 0 Å². The van der Waals surface area contributed by atoms with Crippen molar-refractivity contribution < 1.29 is 23.5 Å². The van der Waals surface area contributed by atoms with Crippen LogP contribution in [0.25, 0.3) is 21.9 Å². The van der Waals surface area contributed by atoms with Crippen LogP contribution in [0, 0.1) is 19.8 Å². The zero-order valence-corrected chi connectivity index (χ0v) is 17.0. The van der Waals surface area contributed by atoms with Crippen molar-refractivity contribution in [3.05, 3.63) is 45.5 Å². The minimum absolute atomic E-state index is 0.00427. The quantitative estimate of drug-likeness (QED) is 0.586. The summed E-state index contributed by atoms with van der Waals surface area (Å²) in [5.74, 6) is -1.66. The summed E-state index contributed by atoms with van der Waals surface area (Å²) in [6.07, 6.45) is 2.46. The molecule has 0 spiro atoms. The molecule has 0 bridgehead atoms. The van der Waals surface area contributed by atoms with E-state index in [0.29, 0.717) is 23.2 Å². The molecule has 0 unspecified atom stereocenters. The van der Waals surface area contributed by atoms with Crippen molar-refractivity contribution in [3.63, 3.8) is 0 Å². The standard InChI is InChI=1S/C22H25NO6/c1-5-11(2)20(21(25)26)23-19(24)7-6-14-13(4)16-8-15-12(3)10-28-17(15)9-18(16)29-22(14)27/h8-11,20H,5-7H2,1-4H3,(H,23,24)(H,25,26)/t11-,20+/m1/s1.